The molecule has 0 spiro atoms. The number of hydrogen-bond acceptors (Lipinski definition) is 6. The summed E-state index contributed by atoms with van der Waals surface area (Å²) in [4.78, 5) is 18.9. The van der Waals surface area contributed by atoms with Crippen molar-refractivity contribution >= 4 is 11.8 Å². The maximum atomic E-state index is 12.3. The third kappa shape index (κ3) is 3.21. The van der Waals surface area contributed by atoms with Crippen LogP contribution in [0.5, 0.6) is 0 Å². The lowest BCUT2D eigenvalue weighted by Crippen LogP contribution is -2.37. The van der Waals surface area contributed by atoms with Gasteiger partial charge in [-0.05, 0) is 30.7 Å². The summed E-state index contributed by atoms with van der Waals surface area (Å²) < 4.78 is 6.72. The first-order chi connectivity index (χ1) is 11.3. The highest BCUT2D eigenvalue weighted by atomic mass is 32.2. The van der Waals surface area contributed by atoms with E-state index in [0.29, 0.717) is 12.6 Å². The second kappa shape index (κ2) is 6.49. The van der Waals surface area contributed by atoms with Crippen molar-refractivity contribution in [2.45, 2.75) is 44.1 Å². The molecule has 6 nitrogen and oxygen atoms in total. The summed E-state index contributed by atoms with van der Waals surface area (Å²) in [6, 6.07) is 2.12. The highest BCUT2D eigenvalue weighted by Crippen LogP contribution is 2.23. The lowest BCUT2D eigenvalue weighted by molar-refractivity contribution is 0.214. The van der Waals surface area contributed by atoms with E-state index in [4.69, 9.17) is 4.42 Å². The zero-order valence-corrected chi connectivity index (χ0v) is 13.8. The summed E-state index contributed by atoms with van der Waals surface area (Å²) in [5, 5.41) is 4.64. The van der Waals surface area contributed by atoms with E-state index in [-0.39, 0.29) is 5.56 Å². The Hall–Kier alpha value is -1.60. The van der Waals surface area contributed by atoms with Crippen LogP contribution in [0.15, 0.2) is 27.9 Å². The summed E-state index contributed by atoms with van der Waals surface area (Å²) in [6.45, 7) is 2.47. The summed E-state index contributed by atoms with van der Waals surface area (Å²) >= 11 is 1.88. The van der Waals surface area contributed by atoms with Crippen LogP contribution < -0.4 is 5.56 Å². The number of aromatic nitrogens is 3. The van der Waals surface area contributed by atoms with E-state index in [9.17, 15) is 4.79 Å². The van der Waals surface area contributed by atoms with Crippen LogP contribution in [-0.4, -0.2) is 38.0 Å². The summed E-state index contributed by atoms with van der Waals surface area (Å²) in [6.07, 6.45) is 6.37. The number of oxazole rings is 1. The van der Waals surface area contributed by atoms with E-state index in [1.807, 2.05) is 11.8 Å². The predicted octanol–water partition coefficient (Wildman–Crippen LogP) is 1.69. The lowest BCUT2D eigenvalue weighted by atomic mass is 10.2. The second-order valence-corrected chi connectivity index (χ2v) is 7.29. The monoisotopic (exact) mass is 332 g/mol. The van der Waals surface area contributed by atoms with Gasteiger partial charge in [0, 0.05) is 30.8 Å². The summed E-state index contributed by atoms with van der Waals surface area (Å²) in [7, 11) is 0. The fraction of sp³-hybridized carbons (Fsp3) is 0.562. The number of hydrogen-bond donors (Lipinski definition) is 0. The molecule has 1 fully saturated rings. The number of rotatable bonds is 4. The third-order valence-electron chi connectivity index (χ3n) is 4.64. The average Bonchev–Trinajstić information content (AvgIpc) is 3.21. The van der Waals surface area contributed by atoms with Crippen molar-refractivity contribution in [3.63, 3.8) is 0 Å². The molecule has 4 heterocycles. The third-order valence-corrected chi connectivity index (χ3v) is 5.64. The van der Waals surface area contributed by atoms with E-state index < -0.39 is 0 Å². The Morgan fingerprint density at radius 1 is 1.43 bits per heavy atom. The van der Waals surface area contributed by atoms with Gasteiger partial charge < -0.3 is 4.42 Å². The van der Waals surface area contributed by atoms with Gasteiger partial charge in [0.25, 0.3) is 5.56 Å². The molecule has 4 rings (SSSR count). The van der Waals surface area contributed by atoms with Gasteiger partial charge in [-0.3, -0.25) is 9.69 Å². The molecule has 2 aliphatic rings. The Morgan fingerprint density at radius 2 is 2.39 bits per heavy atom. The zero-order valence-electron chi connectivity index (χ0n) is 13.0. The van der Waals surface area contributed by atoms with Crippen LogP contribution in [0.25, 0.3) is 0 Å². The van der Waals surface area contributed by atoms with Gasteiger partial charge >= 0.3 is 0 Å². The molecular weight excluding hydrogens is 312 g/mol. The van der Waals surface area contributed by atoms with Gasteiger partial charge in [-0.2, -0.15) is 16.9 Å². The molecule has 7 heteroatoms. The van der Waals surface area contributed by atoms with Gasteiger partial charge in [0.2, 0.25) is 0 Å². The molecule has 0 N–H and O–H groups in total. The first-order valence-electron chi connectivity index (χ1n) is 8.08. The van der Waals surface area contributed by atoms with Crippen molar-refractivity contribution in [3.8, 4) is 0 Å². The Labute approximate surface area is 138 Å². The molecule has 2 aliphatic heterocycles. The van der Waals surface area contributed by atoms with Gasteiger partial charge in [-0.1, -0.05) is 0 Å². The minimum absolute atomic E-state index is 0.0273. The maximum absolute atomic E-state index is 12.3. The molecule has 1 saturated heterocycles. The van der Waals surface area contributed by atoms with Gasteiger partial charge in [-0.15, -0.1) is 0 Å². The molecule has 0 bridgehead atoms. The molecule has 0 aliphatic carbocycles. The first-order valence-corrected chi connectivity index (χ1v) is 9.24. The van der Waals surface area contributed by atoms with Crippen LogP contribution in [0.4, 0.5) is 0 Å². The van der Waals surface area contributed by atoms with Gasteiger partial charge in [-0.25, -0.2) is 9.67 Å². The number of thioether (sulfide) groups is 1. The van der Waals surface area contributed by atoms with Gasteiger partial charge in [0.1, 0.15) is 6.26 Å². The van der Waals surface area contributed by atoms with Crippen molar-refractivity contribution in [1.29, 1.82) is 0 Å². The molecule has 0 saturated carbocycles. The minimum atomic E-state index is 0.0273. The van der Waals surface area contributed by atoms with Crippen molar-refractivity contribution in [3.05, 3.63) is 46.0 Å². The quantitative estimate of drug-likeness (QED) is 0.849. The molecular formula is C16H20N4O2S. The first kappa shape index (κ1) is 15.0. The predicted molar refractivity (Wildman–Crippen MR) is 88.3 cm³/mol. The van der Waals surface area contributed by atoms with Crippen LogP contribution in [-0.2, 0) is 25.3 Å². The van der Waals surface area contributed by atoms with E-state index in [0.717, 1.165) is 60.8 Å². The number of nitrogens with zero attached hydrogens (tertiary/aromatic N) is 4. The fourth-order valence-corrected chi connectivity index (χ4v) is 4.37. The number of fused-ring (bicyclic) bond motifs is 1. The Bertz CT molecular complexity index is 728. The summed E-state index contributed by atoms with van der Waals surface area (Å²) in [5.41, 5.74) is 3.19. The Kier molecular flexibility index (Phi) is 4.22. The van der Waals surface area contributed by atoms with Gasteiger partial charge in [0.15, 0.2) is 6.39 Å². The Morgan fingerprint density at radius 3 is 3.26 bits per heavy atom. The highest BCUT2D eigenvalue weighted by molar-refractivity contribution is 7.98. The molecule has 0 radical (unpaired) electrons. The molecule has 2 aromatic rings. The summed E-state index contributed by atoms with van der Waals surface area (Å²) in [5.74, 6) is 2.01. The van der Waals surface area contributed by atoms with Crippen molar-refractivity contribution in [1.82, 2.24) is 19.7 Å². The van der Waals surface area contributed by atoms with Gasteiger partial charge in [0.05, 0.1) is 17.9 Å². The Balaban J connectivity index is 1.51. The molecule has 1 unspecified atom stereocenters. The molecule has 0 amide bonds. The van der Waals surface area contributed by atoms with E-state index in [1.54, 1.807) is 17.0 Å². The SMILES string of the molecule is O=c1cc2c(nn1CC1CCCN1Cc1cocn1)CCSC2. The largest absolute Gasteiger partial charge is 0.451 e. The van der Waals surface area contributed by atoms with Crippen molar-refractivity contribution in [2.75, 3.05) is 12.3 Å². The normalized spacial score (nSPS) is 21.5. The van der Waals surface area contributed by atoms with E-state index in [2.05, 4.69) is 15.0 Å². The number of likely N-dealkylation sites (tertiary alicyclic amines) is 1. The smallest absolute Gasteiger partial charge is 0.267 e. The zero-order chi connectivity index (χ0) is 15.6. The molecule has 0 aromatic carbocycles. The van der Waals surface area contributed by atoms with Crippen LogP contribution in [0.1, 0.15) is 29.8 Å². The van der Waals surface area contributed by atoms with Crippen molar-refractivity contribution in [2.24, 2.45) is 0 Å². The van der Waals surface area contributed by atoms with Crippen LogP contribution in [0.3, 0.4) is 0 Å². The average molecular weight is 332 g/mol. The number of aryl methyl sites for hydroxylation is 1. The van der Waals surface area contributed by atoms with Crippen LogP contribution >= 0.6 is 11.8 Å². The van der Waals surface area contributed by atoms with Crippen LogP contribution in [0.2, 0.25) is 0 Å². The molecule has 1 atom stereocenters. The topological polar surface area (TPSA) is 64.2 Å². The second-order valence-electron chi connectivity index (χ2n) is 6.19. The standard InChI is InChI=1S/C16H20N4O2S/c21-16-6-12-10-23-5-3-15(12)18-20(16)8-14-2-1-4-19(14)7-13-9-22-11-17-13/h6,9,11,14H,1-5,7-8,10H2. The van der Waals surface area contributed by atoms with E-state index in [1.165, 1.54) is 6.39 Å². The van der Waals surface area contributed by atoms with Crippen molar-refractivity contribution < 1.29 is 4.42 Å². The highest BCUT2D eigenvalue weighted by Gasteiger charge is 2.26. The molecule has 122 valence electrons. The van der Waals surface area contributed by atoms with Crippen LogP contribution in [0, 0.1) is 0 Å². The minimum Gasteiger partial charge on any atom is -0.451 e. The van der Waals surface area contributed by atoms with E-state index >= 15 is 0 Å². The lowest BCUT2D eigenvalue weighted by Gasteiger charge is -2.24. The fourth-order valence-electron chi connectivity index (χ4n) is 3.42. The molecule has 23 heavy (non-hydrogen) atoms. The molecule has 2 aromatic heterocycles. The maximum Gasteiger partial charge on any atom is 0.267 e.